The van der Waals surface area contributed by atoms with Gasteiger partial charge in [-0.2, -0.15) is 0 Å². The zero-order valence-electron chi connectivity index (χ0n) is 10.9. The molecule has 4 nitrogen and oxygen atoms in total. The average Bonchev–Trinajstić information content (AvgIpc) is 2.46. The van der Waals surface area contributed by atoms with Gasteiger partial charge in [0, 0.05) is 16.5 Å². The van der Waals surface area contributed by atoms with Crippen LogP contribution in [0.2, 0.25) is 5.02 Å². The Morgan fingerprint density at radius 1 is 1.30 bits per heavy atom. The Morgan fingerprint density at radius 3 is 2.65 bits per heavy atom. The standard InChI is InChI=1S/C14H16ClNO3S/c15-10-4-6-11(7-5-10)20-9-13(17)16-8-2-1-3-12(16)14(18)19/h4-7,12H,1-3,8-9H2,(H,18,19)/t12-/m1/s1. The van der Waals surface area contributed by atoms with E-state index in [1.54, 1.807) is 12.1 Å². The Kier molecular flexibility index (Phi) is 5.31. The number of carboxylic acid groups (broad SMARTS) is 1. The van der Waals surface area contributed by atoms with Crippen molar-refractivity contribution in [3.8, 4) is 0 Å². The van der Waals surface area contributed by atoms with Gasteiger partial charge in [-0.3, -0.25) is 4.79 Å². The molecule has 1 aromatic rings. The van der Waals surface area contributed by atoms with Gasteiger partial charge in [0.15, 0.2) is 0 Å². The molecule has 1 aliphatic rings. The molecule has 0 saturated carbocycles. The Balaban J connectivity index is 1.93. The number of halogens is 1. The minimum Gasteiger partial charge on any atom is -0.480 e. The molecule has 6 heteroatoms. The number of benzene rings is 1. The lowest BCUT2D eigenvalue weighted by Crippen LogP contribution is -2.48. The van der Waals surface area contributed by atoms with E-state index in [0.717, 1.165) is 17.7 Å². The van der Waals surface area contributed by atoms with Crippen LogP contribution in [0.15, 0.2) is 29.2 Å². The van der Waals surface area contributed by atoms with Gasteiger partial charge < -0.3 is 10.0 Å². The summed E-state index contributed by atoms with van der Waals surface area (Å²) in [5.41, 5.74) is 0. The number of aliphatic carboxylic acids is 1. The molecular formula is C14H16ClNO3S. The first-order valence-corrected chi connectivity index (χ1v) is 7.85. The average molecular weight is 314 g/mol. The second-order valence-corrected chi connectivity index (χ2v) is 6.16. The highest BCUT2D eigenvalue weighted by Gasteiger charge is 2.31. The van der Waals surface area contributed by atoms with Gasteiger partial charge in [-0.25, -0.2) is 4.79 Å². The fourth-order valence-electron chi connectivity index (χ4n) is 2.25. The lowest BCUT2D eigenvalue weighted by atomic mass is 10.0. The van der Waals surface area contributed by atoms with Crippen LogP contribution in [0.5, 0.6) is 0 Å². The van der Waals surface area contributed by atoms with Gasteiger partial charge in [0.1, 0.15) is 6.04 Å². The Morgan fingerprint density at radius 2 is 2.00 bits per heavy atom. The zero-order chi connectivity index (χ0) is 14.5. The molecule has 1 atom stereocenters. The molecule has 1 fully saturated rings. The molecule has 0 radical (unpaired) electrons. The summed E-state index contributed by atoms with van der Waals surface area (Å²) in [6.07, 6.45) is 2.29. The van der Waals surface area contributed by atoms with E-state index in [1.807, 2.05) is 12.1 Å². The molecule has 2 rings (SSSR count). The zero-order valence-corrected chi connectivity index (χ0v) is 12.5. The predicted octanol–water partition coefficient (Wildman–Crippen LogP) is 2.90. The first-order chi connectivity index (χ1) is 9.58. The maximum Gasteiger partial charge on any atom is 0.326 e. The van der Waals surface area contributed by atoms with E-state index < -0.39 is 12.0 Å². The maximum atomic E-state index is 12.2. The summed E-state index contributed by atoms with van der Waals surface area (Å²) in [7, 11) is 0. The van der Waals surface area contributed by atoms with Gasteiger partial charge in [0.25, 0.3) is 0 Å². The first kappa shape index (κ1) is 15.2. The fraction of sp³-hybridized carbons (Fsp3) is 0.429. The largest absolute Gasteiger partial charge is 0.480 e. The molecule has 0 unspecified atom stereocenters. The summed E-state index contributed by atoms with van der Waals surface area (Å²) in [6, 6.07) is 6.59. The molecule has 1 amide bonds. The molecule has 1 heterocycles. The van der Waals surface area contributed by atoms with Crippen LogP contribution in [-0.2, 0) is 9.59 Å². The highest BCUT2D eigenvalue weighted by Crippen LogP contribution is 2.23. The van der Waals surface area contributed by atoms with Crippen molar-refractivity contribution >= 4 is 35.2 Å². The lowest BCUT2D eigenvalue weighted by Gasteiger charge is -2.32. The number of hydrogen-bond acceptors (Lipinski definition) is 3. The molecule has 108 valence electrons. The highest BCUT2D eigenvalue weighted by atomic mass is 35.5. The van der Waals surface area contributed by atoms with E-state index in [0.29, 0.717) is 18.0 Å². The van der Waals surface area contributed by atoms with Gasteiger partial charge in [0.2, 0.25) is 5.91 Å². The van der Waals surface area contributed by atoms with Crippen LogP contribution in [0.3, 0.4) is 0 Å². The second-order valence-electron chi connectivity index (χ2n) is 4.68. The molecule has 1 saturated heterocycles. The molecule has 0 aromatic heterocycles. The molecular weight excluding hydrogens is 298 g/mol. The molecule has 0 aliphatic carbocycles. The van der Waals surface area contributed by atoms with E-state index in [9.17, 15) is 9.59 Å². The summed E-state index contributed by atoms with van der Waals surface area (Å²) in [5.74, 6) is -0.766. The number of piperidine rings is 1. The smallest absolute Gasteiger partial charge is 0.326 e. The summed E-state index contributed by atoms with van der Waals surface area (Å²) in [5, 5.41) is 9.81. The normalized spacial score (nSPS) is 18.9. The molecule has 20 heavy (non-hydrogen) atoms. The van der Waals surface area contributed by atoms with Crippen LogP contribution in [0.4, 0.5) is 0 Å². The number of nitrogens with zero attached hydrogens (tertiary/aromatic N) is 1. The monoisotopic (exact) mass is 313 g/mol. The minimum absolute atomic E-state index is 0.114. The van der Waals surface area contributed by atoms with Crippen LogP contribution in [0.25, 0.3) is 0 Å². The van der Waals surface area contributed by atoms with E-state index in [2.05, 4.69) is 0 Å². The van der Waals surface area contributed by atoms with Crippen LogP contribution in [-0.4, -0.2) is 40.2 Å². The van der Waals surface area contributed by atoms with Crippen molar-refractivity contribution in [2.45, 2.75) is 30.2 Å². The highest BCUT2D eigenvalue weighted by molar-refractivity contribution is 8.00. The van der Waals surface area contributed by atoms with Gasteiger partial charge in [0.05, 0.1) is 5.75 Å². The number of hydrogen-bond donors (Lipinski definition) is 1. The minimum atomic E-state index is -0.908. The Hall–Kier alpha value is -1.20. The van der Waals surface area contributed by atoms with Gasteiger partial charge in [-0.1, -0.05) is 11.6 Å². The van der Waals surface area contributed by atoms with Crippen molar-refractivity contribution in [2.75, 3.05) is 12.3 Å². The van der Waals surface area contributed by atoms with Crippen molar-refractivity contribution in [1.29, 1.82) is 0 Å². The quantitative estimate of drug-likeness (QED) is 0.868. The van der Waals surface area contributed by atoms with E-state index >= 15 is 0 Å². The van der Waals surface area contributed by atoms with Crippen molar-refractivity contribution in [3.63, 3.8) is 0 Å². The van der Waals surface area contributed by atoms with Crippen LogP contribution in [0.1, 0.15) is 19.3 Å². The molecule has 1 aromatic carbocycles. The van der Waals surface area contributed by atoms with E-state index in [4.69, 9.17) is 16.7 Å². The van der Waals surface area contributed by atoms with Gasteiger partial charge >= 0.3 is 5.97 Å². The van der Waals surface area contributed by atoms with Crippen molar-refractivity contribution in [3.05, 3.63) is 29.3 Å². The Bertz CT molecular complexity index is 492. The number of carboxylic acids is 1. The number of rotatable bonds is 4. The fourth-order valence-corrected chi connectivity index (χ4v) is 3.16. The SMILES string of the molecule is O=C(O)[C@H]1CCCCN1C(=O)CSc1ccc(Cl)cc1. The summed E-state index contributed by atoms with van der Waals surface area (Å²) in [6.45, 7) is 0.539. The third-order valence-corrected chi connectivity index (χ3v) is 4.53. The molecule has 0 bridgehead atoms. The van der Waals surface area contributed by atoms with Crippen LogP contribution >= 0.6 is 23.4 Å². The van der Waals surface area contributed by atoms with Crippen molar-refractivity contribution < 1.29 is 14.7 Å². The number of carbonyl (C=O) groups is 2. The second kappa shape index (κ2) is 6.99. The number of amides is 1. The van der Waals surface area contributed by atoms with Gasteiger partial charge in [-0.15, -0.1) is 11.8 Å². The Labute approximate surface area is 127 Å². The summed E-state index contributed by atoms with van der Waals surface area (Å²) in [4.78, 5) is 25.8. The van der Waals surface area contributed by atoms with Crippen LogP contribution < -0.4 is 0 Å². The van der Waals surface area contributed by atoms with Crippen molar-refractivity contribution in [1.82, 2.24) is 4.90 Å². The number of thioether (sulfide) groups is 1. The topological polar surface area (TPSA) is 57.6 Å². The number of carbonyl (C=O) groups excluding carboxylic acids is 1. The third kappa shape index (κ3) is 3.90. The molecule has 0 spiro atoms. The maximum absolute atomic E-state index is 12.2. The summed E-state index contributed by atoms with van der Waals surface area (Å²) >= 11 is 7.20. The first-order valence-electron chi connectivity index (χ1n) is 6.48. The predicted molar refractivity (Wildman–Crippen MR) is 79.2 cm³/mol. The van der Waals surface area contributed by atoms with E-state index in [-0.39, 0.29) is 11.7 Å². The van der Waals surface area contributed by atoms with Crippen molar-refractivity contribution in [2.24, 2.45) is 0 Å². The van der Waals surface area contributed by atoms with E-state index in [1.165, 1.54) is 16.7 Å². The van der Waals surface area contributed by atoms with Gasteiger partial charge in [-0.05, 0) is 43.5 Å². The molecule has 1 aliphatic heterocycles. The van der Waals surface area contributed by atoms with Crippen LogP contribution in [0, 0.1) is 0 Å². The summed E-state index contributed by atoms with van der Waals surface area (Å²) < 4.78 is 0. The number of likely N-dealkylation sites (tertiary alicyclic amines) is 1. The lowest BCUT2D eigenvalue weighted by molar-refractivity contribution is -0.150. The third-order valence-electron chi connectivity index (χ3n) is 3.28. The molecule has 1 N–H and O–H groups in total.